The van der Waals surface area contributed by atoms with E-state index in [1.54, 1.807) is 19.0 Å². The van der Waals surface area contributed by atoms with Crippen LogP contribution in [0, 0.1) is 0 Å². The fraction of sp³-hybridized carbons (Fsp3) is 0.909. The predicted octanol–water partition coefficient (Wildman–Crippen LogP) is 0.574. The molecule has 1 fully saturated rings. The Morgan fingerprint density at radius 2 is 2.20 bits per heavy atom. The van der Waals surface area contributed by atoms with Crippen molar-refractivity contribution in [1.82, 2.24) is 9.80 Å². The van der Waals surface area contributed by atoms with Crippen LogP contribution >= 0.6 is 0 Å². The number of amides is 1. The molecule has 0 bridgehead atoms. The van der Waals surface area contributed by atoms with Crippen molar-refractivity contribution in [2.24, 2.45) is 0 Å². The molecule has 1 heterocycles. The van der Waals surface area contributed by atoms with Gasteiger partial charge in [0.2, 0.25) is 5.91 Å². The highest BCUT2D eigenvalue weighted by Crippen LogP contribution is 2.15. The first-order chi connectivity index (χ1) is 7.00. The summed E-state index contributed by atoms with van der Waals surface area (Å²) in [6, 6.07) is 0.572. The van der Waals surface area contributed by atoms with E-state index in [4.69, 9.17) is 4.74 Å². The SMILES string of the molecule is CC(C)N1CC[C@@H](OCC(=O)N(C)C)C1. The molecule has 1 aliphatic heterocycles. The third-order valence-corrected chi connectivity index (χ3v) is 2.85. The first kappa shape index (κ1) is 12.5. The van der Waals surface area contributed by atoms with Gasteiger partial charge in [-0.3, -0.25) is 9.69 Å². The summed E-state index contributed by atoms with van der Waals surface area (Å²) in [4.78, 5) is 15.2. The fourth-order valence-corrected chi connectivity index (χ4v) is 1.68. The quantitative estimate of drug-likeness (QED) is 0.686. The van der Waals surface area contributed by atoms with Gasteiger partial charge in [0, 0.05) is 33.2 Å². The van der Waals surface area contributed by atoms with Crippen LogP contribution in [0.5, 0.6) is 0 Å². The summed E-state index contributed by atoms with van der Waals surface area (Å²) in [6.45, 7) is 6.63. The zero-order valence-electron chi connectivity index (χ0n) is 10.2. The Hall–Kier alpha value is -0.610. The molecule has 0 aromatic heterocycles. The first-order valence-electron chi connectivity index (χ1n) is 5.56. The second kappa shape index (κ2) is 5.47. The Morgan fingerprint density at radius 1 is 1.53 bits per heavy atom. The molecule has 1 amide bonds. The number of rotatable bonds is 4. The van der Waals surface area contributed by atoms with E-state index in [2.05, 4.69) is 18.7 Å². The summed E-state index contributed by atoms with van der Waals surface area (Å²) in [5, 5.41) is 0. The molecule has 1 atom stereocenters. The third-order valence-electron chi connectivity index (χ3n) is 2.85. The maximum atomic E-state index is 11.3. The molecule has 15 heavy (non-hydrogen) atoms. The largest absolute Gasteiger partial charge is 0.367 e. The van der Waals surface area contributed by atoms with Gasteiger partial charge in [-0.25, -0.2) is 0 Å². The van der Waals surface area contributed by atoms with Crippen LogP contribution in [0.3, 0.4) is 0 Å². The first-order valence-corrected chi connectivity index (χ1v) is 5.56. The lowest BCUT2D eigenvalue weighted by Crippen LogP contribution is -2.32. The van der Waals surface area contributed by atoms with E-state index in [1.165, 1.54) is 0 Å². The van der Waals surface area contributed by atoms with Gasteiger partial charge in [-0.2, -0.15) is 0 Å². The van der Waals surface area contributed by atoms with E-state index in [0.717, 1.165) is 19.5 Å². The molecular formula is C11H22N2O2. The van der Waals surface area contributed by atoms with Crippen molar-refractivity contribution >= 4 is 5.91 Å². The van der Waals surface area contributed by atoms with Crippen molar-refractivity contribution in [3.8, 4) is 0 Å². The summed E-state index contributed by atoms with van der Waals surface area (Å²) in [5.74, 6) is 0.0398. The van der Waals surface area contributed by atoms with E-state index in [9.17, 15) is 4.79 Å². The highest BCUT2D eigenvalue weighted by atomic mass is 16.5. The number of ether oxygens (including phenoxy) is 1. The van der Waals surface area contributed by atoms with E-state index in [1.807, 2.05) is 0 Å². The van der Waals surface area contributed by atoms with Gasteiger partial charge < -0.3 is 9.64 Å². The smallest absolute Gasteiger partial charge is 0.248 e. The van der Waals surface area contributed by atoms with E-state index < -0.39 is 0 Å². The molecule has 1 rings (SSSR count). The molecular weight excluding hydrogens is 192 g/mol. The Bertz CT molecular complexity index is 217. The minimum atomic E-state index is 0.0398. The van der Waals surface area contributed by atoms with Gasteiger partial charge in [0.25, 0.3) is 0 Å². The maximum Gasteiger partial charge on any atom is 0.248 e. The molecule has 0 saturated carbocycles. The molecule has 0 aliphatic carbocycles. The van der Waals surface area contributed by atoms with Gasteiger partial charge in [-0.15, -0.1) is 0 Å². The normalized spacial score (nSPS) is 22.3. The lowest BCUT2D eigenvalue weighted by atomic mass is 10.3. The molecule has 88 valence electrons. The zero-order chi connectivity index (χ0) is 11.4. The summed E-state index contributed by atoms with van der Waals surface area (Å²) in [7, 11) is 3.50. The predicted molar refractivity (Wildman–Crippen MR) is 59.8 cm³/mol. The van der Waals surface area contributed by atoms with Crippen LogP contribution in [0.2, 0.25) is 0 Å². The monoisotopic (exact) mass is 214 g/mol. The van der Waals surface area contributed by atoms with Gasteiger partial charge in [0.1, 0.15) is 6.61 Å². The lowest BCUT2D eigenvalue weighted by molar-refractivity contribution is -0.135. The Labute approximate surface area is 92.2 Å². The Morgan fingerprint density at radius 3 is 2.67 bits per heavy atom. The molecule has 4 nitrogen and oxygen atoms in total. The van der Waals surface area contributed by atoms with Crippen LogP contribution in [0.15, 0.2) is 0 Å². The second-order valence-corrected chi connectivity index (χ2v) is 4.60. The molecule has 0 radical (unpaired) electrons. The van der Waals surface area contributed by atoms with Gasteiger partial charge in [-0.05, 0) is 20.3 Å². The summed E-state index contributed by atoms with van der Waals surface area (Å²) < 4.78 is 5.57. The molecule has 4 heteroatoms. The summed E-state index contributed by atoms with van der Waals surface area (Å²) >= 11 is 0. The van der Waals surface area contributed by atoms with Crippen molar-refractivity contribution in [2.75, 3.05) is 33.8 Å². The van der Waals surface area contributed by atoms with Crippen LogP contribution in [-0.4, -0.2) is 61.6 Å². The highest BCUT2D eigenvalue weighted by molar-refractivity contribution is 5.76. The number of hydrogen-bond donors (Lipinski definition) is 0. The lowest BCUT2D eigenvalue weighted by Gasteiger charge is -2.20. The molecule has 0 unspecified atom stereocenters. The number of carbonyl (C=O) groups is 1. The van der Waals surface area contributed by atoms with Gasteiger partial charge in [0.15, 0.2) is 0 Å². The van der Waals surface area contributed by atoms with E-state index >= 15 is 0 Å². The van der Waals surface area contributed by atoms with Crippen LogP contribution < -0.4 is 0 Å². The number of nitrogens with zero attached hydrogens (tertiary/aromatic N) is 2. The fourth-order valence-electron chi connectivity index (χ4n) is 1.68. The number of carbonyl (C=O) groups excluding carboxylic acids is 1. The van der Waals surface area contributed by atoms with Crippen LogP contribution in [-0.2, 0) is 9.53 Å². The van der Waals surface area contributed by atoms with Crippen molar-refractivity contribution in [3.05, 3.63) is 0 Å². The van der Waals surface area contributed by atoms with Crippen molar-refractivity contribution < 1.29 is 9.53 Å². The molecule has 0 N–H and O–H groups in total. The minimum absolute atomic E-state index is 0.0398. The Kier molecular flexibility index (Phi) is 4.54. The van der Waals surface area contributed by atoms with Crippen LogP contribution in [0.4, 0.5) is 0 Å². The van der Waals surface area contributed by atoms with Crippen molar-refractivity contribution in [1.29, 1.82) is 0 Å². The number of likely N-dealkylation sites (tertiary alicyclic amines) is 1. The molecule has 1 saturated heterocycles. The average molecular weight is 214 g/mol. The summed E-state index contributed by atoms with van der Waals surface area (Å²) in [6.07, 6.45) is 1.27. The number of hydrogen-bond acceptors (Lipinski definition) is 3. The molecule has 0 aromatic rings. The minimum Gasteiger partial charge on any atom is -0.367 e. The van der Waals surface area contributed by atoms with Crippen LogP contribution in [0.1, 0.15) is 20.3 Å². The molecule has 0 spiro atoms. The van der Waals surface area contributed by atoms with Gasteiger partial charge >= 0.3 is 0 Å². The van der Waals surface area contributed by atoms with Gasteiger partial charge in [-0.1, -0.05) is 0 Å². The zero-order valence-corrected chi connectivity index (χ0v) is 10.2. The highest BCUT2D eigenvalue weighted by Gasteiger charge is 2.25. The topological polar surface area (TPSA) is 32.8 Å². The molecule has 1 aliphatic rings. The van der Waals surface area contributed by atoms with Gasteiger partial charge in [0.05, 0.1) is 6.10 Å². The molecule has 0 aromatic carbocycles. The van der Waals surface area contributed by atoms with Crippen molar-refractivity contribution in [3.63, 3.8) is 0 Å². The second-order valence-electron chi connectivity index (χ2n) is 4.60. The Balaban J connectivity index is 2.22. The number of likely N-dealkylation sites (N-methyl/N-ethyl adjacent to an activating group) is 1. The summed E-state index contributed by atoms with van der Waals surface area (Å²) in [5.41, 5.74) is 0. The third kappa shape index (κ3) is 3.80. The maximum absolute atomic E-state index is 11.3. The van der Waals surface area contributed by atoms with Crippen LogP contribution in [0.25, 0.3) is 0 Å². The standard InChI is InChI=1S/C11H22N2O2/c1-9(2)13-6-5-10(7-13)15-8-11(14)12(3)4/h9-10H,5-8H2,1-4H3/t10-/m1/s1. The van der Waals surface area contributed by atoms with E-state index in [0.29, 0.717) is 6.04 Å². The average Bonchev–Trinajstić information content (AvgIpc) is 2.62. The van der Waals surface area contributed by atoms with E-state index in [-0.39, 0.29) is 18.6 Å². The van der Waals surface area contributed by atoms with Crippen molar-refractivity contribution in [2.45, 2.75) is 32.4 Å².